The van der Waals surface area contributed by atoms with Gasteiger partial charge < -0.3 is 10.2 Å². The zero-order valence-corrected chi connectivity index (χ0v) is 10.2. The van der Waals surface area contributed by atoms with Crippen molar-refractivity contribution >= 4 is 0 Å². The van der Waals surface area contributed by atoms with Crippen LogP contribution in [0.1, 0.15) is 39.0 Å². The fourth-order valence-corrected chi connectivity index (χ4v) is 2.39. The van der Waals surface area contributed by atoms with Gasteiger partial charge in [0.05, 0.1) is 12.5 Å². The fraction of sp³-hybridized carbons (Fsp3) is 0.917. The summed E-state index contributed by atoms with van der Waals surface area (Å²) in [5, 5.41) is 12.1. The van der Waals surface area contributed by atoms with Crippen molar-refractivity contribution < 1.29 is 0 Å². The van der Waals surface area contributed by atoms with E-state index in [4.69, 9.17) is 5.26 Å². The molecule has 0 amide bonds. The van der Waals surface area contributed by atoms with Gasteiger partial charge in [0.15, 0.2) is 0 Å². The Labute approximate surface area is 93.5 Å². The molecule has 3 heteroatoms. The molecule has 86 valence electrons. The van der Waals surface area contributed by atoms with Gasteiger partial charge in [-0.3, -0.25) is 0 Å². The molecule has 0 aliphatic heterocycles. The summed E-state index contributed by atoms with van der Waals surface area (Å²) in [6, 6.07) is 2.52. The van der Waals surface area contributed by atoms with Crippen molar-refractivity contribution in [2.45, 2.75) is 50.6 Å². The van der Waals surface area contributed by atoms with Crippen molar-refractivity contribution in [1.29, 1.82) is 5.26 Å². The Morgan fingerprint density at radius 1 is 1.40 bits per heavy atom. The molecule has 0 aromatic heterocycles. The van der Waals surface area contributed by atoms with Crippen LogP contribution in [0, 0.1) is 11.3 Å². The van der Waals surface area contributed by atoms with Crippen LogP contribution in [0.25, 0.3) is 0 Å². The SMILES string of the molecule is CC(CC#N)NCC1(N(C)C)CCCC1. The van der Waals surface area contributed by atoms with E-state index in [0.29, 0.717) is 18.0 Å². The first-order valence-corrected chi connectivity index (χ1v) is 5.88. The van der Waals surface area contributed by atoms with Crippen LogP contribution in [0.2, 0.25) is 0 Å². The second-order valence-corrected chi connectivity index (χ2v) is 4.97. The number of nitrogens with one attached hydrogen (secondary N) is 1. The molecule has 1 N–H and O–H groups in total. The number of likely N-dealkylation sites (N-methyl/N-ethyl adjacent to an activating group) is 1. The lowest BCUT2D eigenvalue weighted by molar-refractivity contribution is 0.150. The molecule has 1 atom stereocenters. The molecule has 15 heavy (non-hydrogen) atoms. The molecule has 0 saturated heterocycles. The van der Waals surface area contributed by atoms with Gasteiger partial charge in [0.1, 0.15) is 0 Å². The van der Waals surface area contributed by atoms with Crippen LogP contribution in [-0.2, 0) is 0 Å². The maximum atomic E-state index is 8.60. The highest BCUT2D eigenvalue weighted by molar-refractivity contribution is 4.95. The maximum absolute atomic E-state index is 8.60. The van der Waals surface area contributed by atoms with Crippen LogP contribution in [0.3, 0.4) is 0 Å². The van der Waals surface area contributed by atoms with E-state index in [1.54, 1.807) is 0 Å². The first-order chi connectivity index (χ1) is 7.10. The van der Waals surface area contributed by atoms with Crippen LogP contribution >= 0.6 is 0 Å². The van der Waals surface area contributed by atoms with Crippen LogP contribution in [0.15, 0.2) is 0 Å². The molecule has 3 nitrogen and oxygen atoms in total. The average Bonchev–Trinajstić information content (AvgIpc) is 2.65. The Kier molecular flexibility index (Phi) is 4.56. The second kappa shape index (κ2) is 5.48. The molecule has 1 saturated carbocycles. The monoisotopic (exact) mass is 209 g/mol. The number of hydrogen-bond donors (Lipinski definition) is 1. The van der Waals surface area contributed by atoms with E-state index in [-0.39, 0.29) is 0 Å². The summed E-state index contributed by atoms with van der Waals surface area (Å²) in [6.45, 7) is 3.10. The van der Waals surface area contributed by atoms with Gasteiger partial charge in [-0.15, -0.1) is 0 Å². The largest absolute Gasteiger partial charge is 0.311 e. The smallest absolute Gasteiger partial charge is 0.0638 e. The first kappa shape index (κ1) is 12.5. The molecule has 1 rings (SSSR count). The number of rotatable bonds is 5. The van der Waals surface area contributed by atoms with Crippen LogP contribution in [0.5, 0.6) is 0 Å². The summed E-state index contributed by atoms with van der Waals surface area (Å²) < 4.78 is 0. The molecular weight excluding hydrogens is 186 g/mol. The van der Waals surface area contributed by atoms with Gasteiger partial charge in [0.25, 0.3) is 0 Å². The van der Waals surface area contributed by atoms with E-state index in [1.807, 2.05) is 0 Å². The standard InChI is InChI=1S/C12H23N3/c1-11(6-9-13)14-10-12(15(2)3)7-4-5-8-12/h11,14H,4-8,10H2,1-3H3. The number of nitrogens with zero attached hydrogens (tertiary/aromatic N) is 2. The molecule has 0 spiro atoms. The number of hydrogen-bond acceptors (Lipinski definition) is 3. The Balaban J connectivity index is 2.43. The topological polar surface area (TPSA) is 39.1 Å². The van der Waals surface area contributed by atoms with Crippen molar-refractivity contribution in [2.75, 3.05) is 20.6 Å². The van der Waals surface area contributed by atoms with Crippen molar-refractivity contribution in [2.24, 2.45) is 0 Å². The van der Waals surface area contributed by atoms with Gasteiger partial charge in [0, 0.05) is 18.1 Å². The molecular formula is C12H23N3. The van der Waals surface area contributed by atoms with Gasteiger partial charge in [-0.2, -0.15) is 5.26 Å². The third-order valence-electron chi connectivity index (χ3n) is 3.66. The van der Waals surface area contributed by atoms with Crippen LogP contribution in [-0.4, -0.2) is 37.1 Å². The predicted octanol–water partition coefficient (Wildman–Crippen LogP) is 1.75. The molecule has 0 aromatic rings. The molecule has 1 fully saturated rings. The Morgan fingerprint density at radius 2 is 2.00 bits per heavy atom. The molecule has 0 aromatic carbocycles. The summed E-state index contributed by atoms with van der Waals surface area (Å²) >= 11 is 0. The third-order valence-corrected chi connectivity index (χ3v) is 3.66. The minimum atomic E-state index is 0.312. The molecule has 0 bridgehead atoms. The molecule has 1 aliphatic rings. The van der Waals surface area contributed by atoms with Gasteiger partial charge in [-0.25, -0.2) is 0 Å². The summed E-state index contributed by atoms with van der Waals surface area (Å²) in [7, 11) is 4.34. The Hall–Kier alpha value is -0.590. The zero-order valence-electron chi connectivity index (χ0n) is 10.2. The summed E-state index contributed by atoms with van der Waals surface area (Å²) in [4.78, 5) is 2.35. The van der Waals surface area contributed by atoms with Crippen LogP contribution in [0.4, 0.5) is 0 Å². The van der Waals surface area contributed by atoms with E-state index in [1.165, 1.54) is 25.7 Å². The average molecular weight is 209 g/mol. The molecule has 1 aliphatic carbocycles. The molecule has 0 radical (unpaired) electrons. The van der Waals surface area contributed by atoms with E-state index < -0.39 is 0 Å². The second-order valence-electron chi connectivity index (χ2n) is 4.97. The van der Waals surface area contributed by atoms with E-state index in [9.17, 15) is 0 Å². The minimum absolute atomic E-state index is 0.312. The normalized spacial score (nSPS) is 21.5. The lowest BCUT2D eigenvalue weighted by atomic mass is 9.95. The van der Waals surface area contributed by atoms with Crippen LogP contribution < -0.4 is 5.32 Å². The minimum Gasteiger partial charge on any atom is -0.311 e. The summed E-state index contributed by atoms with van der Waals surface area (Å²) in [6.07, 6.45) is 5.85. The molecule has 1 unspecified atom stereocenters. The maximum Gasteiger partial charge on any atom is 0.0638 e. The fourth-order valence-electron chi connectivity index (χ4n) is 2.39. The first-order valence-electron chi connectivity index (χ1n) is 5.88. The van der Waals surface area contributed by atoms with Gasteiger partial charge in [-0.1, -0.05) is 12.8 Å². The lowest BCUT2D eigenvalue weighted by Gasteiger charge is -2.37. The Bertz CT molecular complexity index is 224. The van der Waals surface area contributed by atoms with Crippen molar-refractivity contribution in [1.82, 2.24) is 10.2 Å². The third kappa shape index (κ3) is 3.19. The highest BCUT2D eigenvalue weighted by atomic mass is 15.2. The number of nitriles is 1. The summed E-state index contributed by atoms with van der Waals surface area (Å²) in [5.41, 5.74) is 0.337. The van der Waals surface area contributed by atoms with Gasteiger partial charge in [0.2, 0.25) is 0 Å². The summed E-state index contributed by atoms with van der Waals surface area (Å²) in [5.74, 6) is 0. The van der Waals surface area contributed by atoms with Gasteiger partial charge >= 0.3 is 0 Å². The molecule has 0 heterocycles. The van der Waals surface area contributed by atoms with Crippen molar-refractivity contribution in [3.63, 3.8) is 0 Å². The quantitative estimate of drug-likeness (QED) is 0.750. The zero-order chi connectivity index (χ0) is 11.3. The lowest BCUT2D eigenvalue weighted by Crippen LogP contribution is -2.51. The van der Waals surface area contributed by atoms with E-state index >= 15 is 0 Å². The van der Waals surface area contributed by atoms with Gasteiger partial charge in [-0.05, 0) is 33.9 Å². The predicted molar refractivity (Wildman–Crippen MR) is 62.6 cm³/mol. The van der Waals surface area contributed by atoms with E-state index in [2.05, 4.69) is 37.3 Å². The highest BCUT2D eigenvalue weighted by Gasteiger charge is 2.35. The van der Waals surface area contributed by atoms with E-state index in [0.717, 1.165) is 6.54 Å². The highest BCUT2D eigenvalue weighted by Crippen LogP contribution is 2.33. The Morgan fingerprint density at radius 3 is 2.47 bits per heavy atom. The van der Waals surface area contributed by atoms with Crippen molar-refractivity contribution in [3.05, 3.63) is 0 Å². The van der Waals surface area contributed by atoms with Crippen molar-refractivity contribution in [3.8, 4) is 6.07 Å².